The number of hydrogen-bond donors (Lipinski definition) is 3. The number of nitrogens with one attached hydrogen (secondary N) is 3. The first-order valence-electron chi connectivity index (χ1n) is 9.55. The molecular formula is C23H14N6OS. The van der Waals surface area contributed by atoms with Crippen LogP contribution in [0.1, 0.15) is 5.56 Å². The van der Waals surface area contributed by atoms with Crippen molar-refractivity contribution >= 4 is 34.8 Å². The van der Waals surface area contributed by atoms with Crippen LogP contribution in [0.15, 0.2) is 81.6 Å². The number of hydrazine groups is 1. The predicted molar refractivity (Wildman–Crippen MR) is 118 cm³/mol. The van der Waals surface area contributed by atoms with Gasteiger partial charge in [-0.15, -0.1) is 0 Å². The van der Waals surface area contributed by atoms with Crippen molar-refractivity contribution < 1.29 is 4.74 Å². The molecule has 0 fully saturated rings. The highest BCUT2D eigenvalue weighted by atomic mass is 32.2. The highest BCUT2D eigenvalue weighted by Gasteiger charge is 2.29. The summed E-state index contributed by atoms with van der Waals surface area (Å²) in [6.45, 7) is 0. The lowest BCUT2D eigenvalue weighted by Gasteiger charge is -2.34. The Hall–Kier alpha value is -4.22. The molecule has 0 unspecified atom stereocenters. The molecule has 0 spiro atoms. The Balaban J connectivity index is 1.51. The highest BCUT2D eigenvalue weighted by molar-refractivity contribution is 7.99. The molecule has 3 aromatic rings. The molecule has 0 radical (unpaired) electrons. The van der Waals surface area contributed by atoms with Crippen molar-refractivity contribution in [2.75, 3.05) is 0 Å². The van der Waals surface area contributed by atoms with E-state index in [9.17, 15) is 5.26 Å². The highest BCUT2D eigenvalue weighted by Crippen LogP contribution is 2.47. The maximum Gasteiger partial charge on any atom is 0.204 e. The molecule has 0 saturated heterocycles. The number of para-hydroxylation sites is 1. The minimum absolute atomic E-state index is 0.00662. The third-order valence-corrected chi connectivity index (χ3v) is 6.34. The van der Waals surface area contributed by atoms with E-state index in [1.54, 1.807) is 16.8 Å². The second kappa shape index (κ2) is 6.65. The van der Waals surface area contributed by atoms with Gasteiger partial charge in [-0.25, -0.2) is 5.01 Å². The van der Waals surface area contributed by atoms with E-state index in [4.69, 9.17) is 10.1 Å². The molecule has 3 aliphatic heterocycles. The van der Waals surface area contributed by atoms with Gasteiger partial charge in [0.25, 0.3) is 0 Å². The summed E-state index contributed by atoms with van der Waals surface area (Å²) in [4.78, 5) is 2.09. The maximum atomic E-state index is 9.29. The van der Waals surface area contributed by atoms with Gasteiger partial charge in [0.15, 0.2) is 11.7 Å². The maximum absolute atomic E-state index is 9.29. The summed E-state index contributed by atoms with van der Waals surface area (Å²) in [5.41, 5.74) is 8.03. The molecule has 6 rings (SSSR count). The molecular weight excluding hydrogens is 408 g/mol. The van der Waals surface area contributed by atoms with Crippen molar-refractivity contribution in [3.8, 4) is 17.6 Å². The first kappa shape index (κ1) is 17.6. The largest absolute Gasteiger partial charge is 0.455 e. The van der Waals surface area contributed by atoms with Crippen molar-refractivity contribution in [2.24, 2.45) is 5.10 Å². The van der Waals surface area contributed by atoms with E-state index in [2.05, 4.69) is 22.0 Å². The van der Waals surface area contributed by atoms with E-state index >= 15 is 0 Å². The van der Waals surface area contributed by atoms with Gasteiger partial charge < -0.3 is 4.74 Å². The number of fused-ring (bicyclic) bond motifs is 4. The molecule has 148 valence electrons. The average molecular weight is 422 g/mol. The number of benzene rings is 3. The van der Waals surface area contributed by atoms with E-state index in [-0.39, 0.29) is 11.5 Å². The van der Waals surface area contributed by atoms with Crippen LogP contribution in [-0.4, -0.2) is 16.6 Å². The number of amidine groups is 1. The first-order valence-corrected chi connectivity index (χ1v) is 10.4. The summed E-state index contributed by atoms with van der Waals surface area (Å²) >= 11 is 1.67. The zero-order valence-electron chi connectivity index (χ0n) is 16.0. The topological polar surface area (TPSA) is 96.5 Å². The lowest BCUT2D eigenvalue weighted by atomic mass is 10.1. The lowest BCUT2D eigenvalue weighted by molar-refractivity contribution is 0.453. The van der Waals surface area contributed by atoms with Crippen LogP contribution in [0.5, 0.6) is 11.5 Å². The Bertz CT molecular complexity index is 1490. The Labute approximate surface area is 181 Å². The summed E-state index contributed by atoms with van der Waals surface area (Å²) in [5, 5.41) is 25.2. The van der Waals surface area contributed by atoms with E-state index in [0.29, 0.717) is 5.82 Å². The average Bonchev–Trinajstić information content (AvgIpc) is 2.82. The number of hydrogen-bond acceptors (Lipinski definition) is 7. The lowest BCUT2D eigenvalue weighted by Crippen LogP contribution is -2.58. The van der Waals surface area contributed by atoms with Crippen LogP contribution in [0.3, 0.4) is 0 Å². The summed E-state index contributed by atoms with van der Waals surface area (Å²) in [7, 11) is 0. The Morgan fingerprint density at radius 2 is 1.74 bits per heavy atom. The second-order valence-electron chi connectivity index (χ2n) is 7.06. The molecule has 0 aliphatic carbocycles. The summed E-state index contributed by atoms with van der Waals surface area (Å²) in [5.74, 6) is 2.29. The molecule has 0 bridgehead atoms. The SMILES string of the molecule is N#CC1=NNC2=c3ccccc3=C(c3ccc4c(c3)Sc3ccccc3O4)NN2C1=N. The summed E-state index contributed by atoms with van der Waals surface area (Å²) in [6.07, 6.45) is 0. The van der Waals surface area contributed by atoms with Crippen LogP contribution in [0, 0.1) is 16.7 Å². The van der Waals surface area contributed by atoms with Gasteiger partial charge in [-0.3, -0.25) is 16.3 Å². The van der Waals surface area contributed by atoms with Crippen LogP contribution >= 0.6 is 11.8 Å². The molecule has 8 heteroatoms. The number of nitrogens with zero attached hydrogens (tertiary/aromatic N) is 3. The quantitative estimate of drug-likeness (QED) is 0.436. The smallest absolute Gasteiger partial charge is 0.204 e. The fourth-order valence-corrected chi connectivity index (χ4v) is 4.77. The number of ether oxygens (including phenoxy) is 1. The van der Waals surface area contributed by atoms with Gasteiger partial charge in [0.1, 0.15) is 17.6 Å². The van der Waals surface area contributed by atoms with Gasteiger partial charge in [-0.2, -0.15) is 10.4 Å². The molecule has 31 heavy (non-hydrogen) atoms. The van der Waals surface area contributed by atoms with Gasteiger partial charge >= 0.3 is 0 Å². The molecule has 7 nitrogen and oxygen atoms in total. The van der Waals surface area contributed by atoms with Crippen molar-refractivity contribution in [3.63, 3.8) is 0 Å². The van der Waals surface area contributed by atoms with E-state index < -0.39 is 0 Å². The molecule has 0 amide bonds. The predicted octanol–water partition coefficient (Wildman–Crippen LogP) is 2.45. The van der Waals surface area contributed by atoms with Crippen molar-refractivity contribution in [2.45, 2.75) is 9.79 Å². The fraction of sp³-hybridized carbons (Fsp3) is 0. The standard InChI is InChI=1S/C23H14N6OS/c24-12-16-22(25)29-23(27-26-16)15-6-2-1-5-14(15)21(28-29)13-9-10-18-20(11-13)31-19-8-4-3-7-17(19)30-18/h1-11,25,27-28H. The first-order chi connectivity index (χ1) is 15.2. The summed E-state index contributed by atoms with van der Waals surface area (Å²) < 4.78 is 6.06. The Kier molecular flexibility index (Phi) is 3.78. The molecule has 0 saturated carbocycles. The molecule has 3 aliphatic rings. The Morgan fingerprint density at radius 3 is 2.61 bits per heavy atom. The zero-order chi connectivity index (χ0) is 20.9. The van der Waals surface area contributed by atoms with Gasteiger partial charge in [0.05, 0.1) is 15.5 Å². The minimum atomic E-state index is -0.00662. The van der Waals surface area contributed by atoms with Gasteiger partial charge in [-0.1, -0.05) is 48.2 Å². The van der Waals surface area contributed by atoms with E-state index in [1.165, 1.54) is 0 Å². The van der Waals surface area contributed by atoms with Gasteiger partial charge in [-0.05, 0) is 30.3 Å². The van der Waals surface area contributed by atoms with Crippen molar-refractivity contribution in [3.05, 3.63) is 82.7 Å². The number of hydrazone groups is 1. The Morgan fingerprint density at radius 1 is 0.968 bits per heavy atom. The molecule has 0 atom stereocenters. The fourth-order valence-electron chi connectivity index (χ4n) is 3.78. The molecule has 0 aromatic heterocycles. The third kappa shape index (κ3) is 2.68. The van der Waals surface area contributed by atoms with E-state index in [1.807, 2.05) is 66.7 Å². The van der Waals surface area contributed by atoms with Crippen LogP contribution in [0.2, 0.25) is 0 Å². The summed E-state index contributed by atoms with van der Waals surface area (Å²) in [6, 6.07) is 23.9. The molecule has 3 N–H and O–H groups in total. The second-order valence-corrected chi connectivity index (χ2v) is 8.15. The van der Waals surface area contributed by atoms with E-state index in [0.717, 1.165) is 43.0 Å². The molecule has 3 aromatic carbocycles. The van der Waals surface area contributed by atoms with Crippen LogP contribution < -0.4 is 26.0 Å². The number of nitriles is 1. The minimum Gasteiger partial charge on any atom is -0.455 e. The van der Waals surface area contributed by atoms with Crippen LogP contribution in [-0.2, 0) is 0 Å². The normalized spacial score (nSPS) is 15.8. The van der Waals surface area contributed by atoms with Crippen LogP contribution in [0.4, 0.5) is 0 Å². The van der Waals surface area contributed by atoms with Crippen molar-refractivity contribution in [1.29, 1.82) is 10.7 Å². The van der Waals surface area contributed by atoms with Gasteiger partial charge in [0.2, 0.25) is 5.71 Å². The van der Waals surface area contributed by atoms with Gasteiger partial charge in [0, 0.05) is 16.0 Å². The number of rotatable bonds is 1. The molecule has 3 heterocycles. The monoisotopic (exact) mass is 422 g/mol. The third-order valence-electron chi connectivity index (χ3n) is 5.25. The van der Waals surface area contributed by atoms with Crippen LogP contribution in [0.25, 0.3) is 11.5 Å². The van der Waals surface area contributed by atoms with Crippen molar-refractivity contribution in [1.82, 2.24) is 15.9 Å². The zero-order valence-corrected chi connectivity index (χ0v) is 16.8.